The number of hydrogen-bond acceptors (Lipinski definition) is 3. The molecule has 3 rings (SSSR count). The topological polar surface area (TPSA) is 46.1 Å². The smallest absolute Gasteiger partial charge is 0.332 e. The molecule has 0 bridgehead atoms. The number of alkyl halides is 3. The van der Waals surface area contributed by atoms with Crippen LogP contribution in [-0.2, 0) is 19.1 Å². The van der Waals surface area contributed by atoms with E-state index in [1.54, 1.807) is 0 Å². The number of aromatic nitrogens is 2. The fourth-order valence-corrected chi connectivity index (χ4v) is 3.14. The fraction of sp³-hybridized carbons (Fsp3) is 0.267. The summed E-state index contributed by atoms with van der Waals surface area (Å²) in [5.41, 5.74) is 0.115. The van der Waals surface area contributed by atoms with Crippen molar-refractivity contribution in [1.29, 1.82) is 0 Å². The number of benzene rings is 1. The van der Waals surface area contributed by atoms with Gasteiger partial charge in [-0.25, -0.2) is 9.97 Å². The average Bonchev–Trinajstić information content (AvgIpc) is 2.53. The van der Waals surface area contributed by atoms with Crippen molar-refractivity contribution in [2.75, 3.05) is 6.54 Å². The predicted molar refractivity (Wildman–Crippen MR) is 81.9 cm³/mol. The van der Waals surface area contributed by atoms with E-state index in [4.69, 9.17) is 23.2 Å². The summed E-state index contributed by atoms with van der Waals surface area (Å²) in [4.78, 5) is 21.9. The molecular weight excluding hydrogens is 366 g/mol. The van der Waals surface area contributed by atoms with Crippen molar-refractivity contribution in [3.8, 4) is 0 Å². The molecule has 1 amide bonds. The van der Waals surface area contributed by atoms with Crippen LogP contribution in [0.15, 0.2) is 24.5 Å². The van der Waals surface area contributed by atoms with Crippen molar-refractivity contribution in [3.05, 3.63) is 57.1 Å². The number of halogens is 5. The van der Waals surface area contributed by atoms with Gasteiger partial charge in [0.05, 0.1) is 28.4 Å². The summed E-state index contributed by atoms with van der Waals surface area (Å²) in [5, 5.41) is -0.272. The van der Waals surface area contributed by atoms with Crippen molar-refractivity contribution >= 4 is 29.1 Å². The number of carbonyl (C=O) groups excluding carboxylic acids is 1. The molecule has 24 heavy (non-hydrogen) atoms. The summed E-state index contributed by atoms with van der Waals surface area (Å²) in [6.45, 7) is 0.439. The van der Waals surface area contributed by atoms with Crippen molar-refractivity contribution < 1.29 is 18.0 Å². The molecule has 126 valence electrons. The summed E-state index contributed by atoms with van der Waals surface area (Å²) in [5.74, 6) is -0.577. The number of amides is 1. The van der Waals surface area contributed by atoms with E-state index in [9.17, 15) is 18.0 Å². The van der Waals surface area contributed by atoms with Crippen LogP contribution in [0, 0.1) is 0 Å². The minimum absolute atomic E-state index is 0.142. The Balaban J connectivity index is 1.91. The summed E-state index contributed by atoms with van der Waals surface area (Å²) >= 11 is 11.8. The molecule has 0 fully saturated rings. The molecule has 0 unspecified atom stereocenters. The van der Waals surface area contributed by atoms with Gasteiger partial charge in [-0.05, 0) is 18.6 Å². The Labute approximate surface area is 145 Å². The Morgan fingerprint density at radius 1 is 1.21 bits per heavy atom. The van der Waals surface area contributed by atoms with Crippen LogP contribution >= 0.6 is 23.2 Å². The average molecular weight is 376 g/mol. The lowest BCUT2D eigenvalue weighted by molar-refractivity contribution is -0.137. The number of fused-ring (bicyclic) bond motifs is 1. The van der Waals surface area contributed by atoms with Crippen LogP contribution < -0.4 is 0 Å². The van der Waals surface area contributed by atoms with Crippen LogP contribution in [0.25, 0.3) is 0 Å². The van der Waals surface area contributed by atoms with Gasteiger partial charge >= 0.3 is 6.18 Å². The molecule has 2 aromatic rings. The Bertz CT molecular complexity index is 811. The van der Waals surface area contributed by atoms with Gasteiger partial charge < -0.3 is 4.90 Å². The standard InChI is InChI=1S/C15H10Cl2F3N3O/c16-12-9(2-1-3-10(12)15(18,19)20)14(24)23-5-4-8-11(6-23)21-7-22-13(8)17/h1-3,7H,4-6H2. The first kappa shape index (κ1) is 17.0. The Hall–Kier alpha value is -1.86. The molecule has 1 aliphatic heterocycles. The van der Waals surface area contributed by atoms with E-state index in [1.165, 1.54) is 23.4 Å². The lowest BCUT2D eigenvalue weighted by atomic mass is 10.0. The van der Waals surface area contributed by atoms with Crippen LogP contribution in [0.5, 0.6) is 0 Å². The highest BCUT2D eigenvalue weighted by Gasteiger charge is 2.35. The monoisotopic (exact) mass is 375 g/mol. The number of nitrogens with zero attached hydrogens (tertiary/aromatic N) is 3. The van der Waals surface area contributed by atoms with E-state index >= 15 is 0 Å². The molecule has 0 saturated carbocycles. The van der Waals surface area contributed by atoms with E-state index < -0.39 is 22.7 Å². The third kappa shape index (κ3) is 3.06. The zero-order valence-electron chi connectivity index (χ0n) is 12.1. The van der Waals surface area contributed by atoms with Crippen LogP contribution in [-0.4, -0.2) is 27.3 Å². The van der Waals surface area contributed by atoms with Gasteiger partial charge in [-0.2, -0.15) is 13.2 Å². The first-order valence-corrected chi connectivity index (χ1v) is 7.68. The van der Waals surface area contributed by atoms with E-state index in [-0.39, 0.29) is 12.1 Å². The highest BCUT2D eigenvalue weighted by atomic mass is 35.5. The molecule has 0 N–H and O–H groups in total. The Morgan fingerprint density at radius 2 is 1.96 bits per heavy atom. The van der Waals surface area contributed by atoms with Gasteiger partial charge in [-0.3, -0.25) is 4.79 Å². The summed E-state index contributed by atoms with van der Waals surface area (Å²) < 4.78 is 38.8. The summed E-state index contributed by atoms with van der Waals surface area (Å²) in [7, 11) is 0. The van der Waals surface area contributed by atoms with Gasteiger partial charge in [0.2, 0.25) is 0 Å². The highest BCUT2D eigenvalue weighted by Crippen LogP contribution is 2.37. The molecule has 1 aromatic heterocycles. The van der Waals surface area contributed by atoms with E-state index in [2.05, 4.69) is 9.97 Å². The molecule has 0 radical (unpaired) electrons. The molecule has 0 atom stereocenters. The molecule has 2 heterocycles. The number of rotatable bonds is 1. The summed E-state index contributed by atoms with van der Waals surface area (Å²) in [6.07, 6.45) is -2.91. The quantitative estimate of drug-likeness (QED) is 0.707. The maximum Gasteiger partial charge on any atom is 0.417 e. The van der Waals surface area contributed by atoms with Crippen molar-refractivity contribution in [3.63, 3.8) is 0 Å². The van der Waals surface area contributed by atoms with Gasteiger partial charge in [-0.15, -0.1) is 0 Å². The van der Waals surface area contributed by atoms with E-state index in [0.29, 0.717) is 23.8 Å². The minimum Gasteiger partial charge on any atom is -0.332 e. The second-order valence-corrected chi connectivity index (χ2v) is 5.97. The molecule has 0 spiro atoms. The lowest BCUT2D eigenvalue weighted by Gasteiger charge is -2.28. The molecule has 0 saturated heterocycles. The normalized spacial score (nSPS) is 14.5. The van der Waals surface area contributed by atoms with Gasteiger partial charge in [0.15, 0.2) is 0 Å². The first-order valence-electron chi connectivity index (χ1n) is 6.92. The predicted octanol–water partition coefficient (Wildman–Crippen LogP) is 4.00. The fourth-order valence-electron chi connectivity index (χ4n) is 2.57. The zero-order chi connectivity index (χ0) is 17.5. The van der Waals surface area contributed by atoms with E-state index in [1.807, 2.05) is 0 Å². The SMILES string of the molecule is O=C(c1cccc(C(F)(F)F)c1Cl)N1CCc2c(Cl)ncnc2C1. The van der Waals surface area contributed by atoms with Gasteiger partial charge in [-0.1, -0.05) is 29.3 Å². The van der Waals surface area contributed by atoms with Crippen molar-refractivity contribution in [1.82, 2.24) is 14.9 Å². The van der Waals surface area contributed by atoms with Gasteiger partial charge in [0.1, 0.15) is 11.5 Å². The highest BCUT2D eigenvalue weighted by molar-refractivity contribution is 6.34. The van der Waals surface area contributed by atoms with E-state index in [0.717, 1.165) is 11.6 Å². The number of carbonyl (C=O) groups is 1. The van der Waals surface area contributed by atoms with Gasteiger partial charge in [0.25, 0.3) is 5.91 Å². The third-order valence-electron chi connectivity index (χ3n) is 3.78. The van der Waals surface area contributed by atoms with Crippen LogP contribution in [0.2, 0.25) is 10.2 Å². The number of hydrogen-bond donors (Lipinski definition) is 0. The second-order valence-electron chi connectivity index (χ2n) is 5.23. The van der Waals surface area contributed by atoms with Crippen molar-refractivity contribution in [2.45, 2.75) is 19.1 Å². The molecule has 0 aliphatic carbocycles. The van der Waals surface area contributed by atoms with Crippen LogP contribution in [0.4, 0.5) is 13.2 Å². The largest absolute Gasteiger partial charge is 0.417 e. The Morgan fingerprint density at radius 3 is 2.67 bits per heavy atom. The molecule has 1 aliphatic rings. The summed E-state index contributed by atoms with van der Waals surface area (Å²) in [6, 6.07) is 3.29. The van der Waals surface area contributed by atoms with Gasteiger partial charge in [0, 0.05) is 12.1 Å². The minimum atomic E-state index is -4.62. The first-order chi connectivity index (χ1) is 11.3. The molecule has 1 aromatic carbocycles. The maximum atomic E-state index is 12.9. The molecule has 9 heteroatoms. The maximum absolute atomic E-state index is 12.9. The third-order valence-corrected chi connectivity index (χ3v) is 4.51. The zero-order valence-corrected chi connectivity index (χ0v) is 13.6. The lowest BCUT2D eigenvalue weighted by Crippen LogP contribution is -2.37. The van der Waals surface area contributed by atoms with Crippen molar-refractivity contribution in [2.24, 2.45) is 0 Å². The Kier molecular flexibility index (Phi) is 4.40. The second kappa shape index (κ2) is 6.22. The molecular formula is C15H10Cl2F3N3O. The van der Waals surface area contributed by atoms with Crippen LogP contribution in [0.1, 0.15) is 27.2 Å². The van der Waals surface area contributed by atoms with Crippen LogP contribution in [0.3, 0.4) is 0 Å². The molecule has 4 nitrogen and oxygen atoms in total.